The lowest BCUT2D eigenvalue weighted by molar-refractivity contribution is -0.138. The van der Waals surface area contributed by atoms with Gasteiger partial charge in [-0.25, -0.2) is 4.79 Å². The van der Waals surface area contributed by atoms with E-state index in [4.69, 9.17) is 0 Å². The minimum absolute atomic E-state index is 0.0361. The number of alkyl halides is 3. The van der Waals surface area contributed by atoms with Crippen molar-refractivity contribution in [2.75, 3.05) is 17.7 Å². The molecule has 0 saturated heterocycles. The van der Waals surface area contributed by atoms with Crippen LogP contribution in [0.1, 0.15) is 35.6 Å². The Labute approximate surface area is 205 Å². The quantitative estimate of drug-likeness (QED) is 0.641. The smallest absolute Gasteiger partial charge is 0.416 e. The number of halogens is 3. The van der Waals surface area contributed by atoms with Gasteiger partial charge in [-0.2, -0.15) is 18.4 Å². The first-order valence-electron chi connectivity index (χ1n) is 10.6. The summed E-state index contributed by atoms with van der Waals surface area (Å²) in [4.78, 5) is 40.4. The Morgan fingerprint density at radius 1 is 1.19 bits per heavy atom. The molecule has 1 N–H and O–H groups in total. The van der Waals surface area contributed by atoms with Crippen LogP contribution in [0.4, 0.5) is 23.7 Å². The third-order valence-electron chi connectivity index (χ3n) is 5.98. The van der Waals surface area contributed by atoms with Gasteiger partial charge in [0.05, 0.1) is 39.7 Å². The second kappa shape index (κ2) is 9.23. The second-order valence-corrected chi connectivity index (χ2v) is 9.54. The van der Waals surface area contributed by atoms with Crippen LogP contribution < -0.4 is 4.90 Å². The Bertz CT molecular complexity index is 1400. The lowest BCUT2D eigenvalue weighted by atomic mass is 9.92. The summed E-state index contributed by atoms with van der Waals surface area (Å²) >= 11 is 0. The summed E-state index contributed by atoms with van der Waals surface area (Å²) in [5.74, 6) is -1.83. The number of anilines is 1. The average molecular weight is 517 g/mol. The highest BCUT2D eigenvalue weighted by molar-refractivity contribution is 7.84. The van der Waals surface area contributed by atoms with E-state index >= 15 is 0 Å². The number of hydrogen-bond acceptors (Lipinski definition) is 5. The van der Waals surface area contributed by atoms with Gasteiger partial charge in [-0.05, 0) is 42.3 Å². The van der Waals surface area contributed by atoms with E-state index in [0.29, 0.717) is 0 Å². The minimum Gasteiger partial charge on any atom is -0.480 e. The molecule has 2 atom stereocenters. The van der Waals surface area contributed by atoms with Gasteiger partial charge in [0, 0.05) is 28.8 Å². The number of carboxylic acid groups (broad SMARTS) is 1. The minimum atomic E-state index is -4.69. The van der Waals surface area contributed by atoms with E-state index in [9.17, 15) is 42.1 Å². The standard InChI is InChI=1S/C24H18F3N3O5S/c1-36(35)19-9-13(11-28)5-6-16(19)22-21-17(7-8-18(21)31)30(23(34)29(22)12-20(32)33)15-4-2-3-14(10-15)24(25,26)27/h2-6,9-10,22H,7-8,12H2,1H3,(H,32,33). The van der Waals surface area contributed by atoms with Crippen molar-refractivity contribution in [1.29, 1.82) is 5.26 Å². The molecule has 1 aliphatic heterocycles. The van der Waals surface area contributed by atoms with Crippen LogP contribution >= 0.6 is 0 Å². The molecule has 186 valence electrons. The van der Waals surface area contributed by atoms with E-state index in [1.807, 2.05) is 6.07 Å². The van der Waals surface area contributed by atoms with Gasteiger partial charge in [-0.3, -0.25) is 18.7 Å². The summed E-state index contributed by atoms with van der Waals surface area (Å²) in [7, 11) is -1.68. The molecule has 2 unspecified atom stereocenters. The first-order valence-corrected chi connectivity index (χ1v) is 12.1. The highest BCUT2D eigenvalue weighted by atomic mass is 32.2. The highest BCUT2D eigenvalue weighted by Gasteiger charge is 2.47. The number of Topliss-reactive ketones (excluding diaryl/α,β-unsaturated/α-hetero) is 1. The number of aliphatic carboxylic acids is 1. The third-order valence-corrected chi connectivity index (χ3v) is 6.95. The summed E-state index contributed by atoms with van der Waals surface area (Å²) in [5, 5.41) is 18.8. The first-order chi connectivity index (χ1) is 16.9. The van der Waals surface area contributed by atoms with Crippen LogP contribution in [0.3, 0.4) is 0 Å². The van der Waals surface area contributed by atoms with Crippen LogP contribution in [0.15, 0.2) is 58.6 Å². The number of amides is 2. The molecule has 2 aromatic carbocycles. The molecule has 1 aliphatic carbocycles. The molecule has 36 heavy (non-hydrogen) atoms. The van der Waals surface area contributed by atoms with Crippen LogP contribution in [0.2, 0.25) is 0 Å². The van der Waals surface area contributed by atoms with Crippen molar-refractivity contribution in [1.82, 2.24) is 4.90 Å². The maximum absolute atomic E-state index is 13.7. The SMILES string of the molecule is CS(=O)c1cc(C#N)ccc1C1C2=C(CCC2=O)N(c2cccc(C(F)(F)F)c2)C(=O)N1CC(=O)O. The van der Waals surface area contributed by atoms with Crippen molar-refractivity contribution < 1.29 is 36.9 Å². The monoisotopic (exact) mass is 517 g/mol. The fraction of sp³-hybridized carbons (Fsp3) is 0.250. The van der Waals surface area contributed by atoms with Gasteiger partial charge in [0.1, 0.15) is 6.54 Å². The van der Waals surface area contributed by atoms with Gasteiger partial charge >= 0.3 is 18.2 Å². The number of carbonyl (C=O) groups excluding carboxylic acids is 2. The molecule has 2 aliphatic rings. The number of carboxylic acids is 1. The van der Waals surface area contributed by atoms with E-state index in [1.165, 1.54) is 30.5 Å². The number of nitrogens with zero attached hydrogens (tertiary/aromatic N) is 3. The van der Waals surface area contributed by atoms with Gasteiger partial charge in [-0.15, -0.1) is 0 Å². The second-order valence-electron chi connectivity index (χ2n) is 8.19. The Hall–Kier alpha value is -3.98. The fourth-order valence-electron chi connectivity index (χ4n) is 4.51. The Morgan fingerprint density at radius 2 is 1.92 bits per heavy atom. The van der Waals surface area contributed by atoms with E-state index in [2.05, 4.69) is 0 Å². The maximum atomic E-state index is 13.7. The van der Waals surface area contributed by atoms with E-state index in [1.54, 1.807) is 0 Å². The normalized spacial score (nSPS) is 18.8. The molecule has 0 fully saturated rings. The molecular weight excluding hydrogens is 499 g/mol. The van der Waals surface area contributed by atoms with Crippen molar-refractivity contribution in [2.45, 2.75) is 30.0 Å². The van der Waals surface area contributed by atoms with Crippen molar-refractivity contribution in [3.05, 3.63) is 70.4 Å². The Balaban J connectivity index is 1.98. The van der Waals surface area contributed by atoms with Crippen LogP contribution in [0.25, 0.3) is 0 Å². The molecule has 0 radical (unpaired) electrons. The number of rotatable bonds is 5. The van der Waals surface area contributed by atoms with Crippen molar-refractivity contribution in [2.24, 2.45) is 0 Å². The van der Waals surface area contributed by atoms with Crippen molar-refractivity contribution >= 4 is 34.3 Å². The number of allylic oxidation sites excluding steroid dienone is 1. The summed E-state index contributed by atoms with van der Waals surface area (Å²) in [5.41, 5.74) is -0.589. The average Bonchev–Trinajstić information content (AvgIpc) is 3.19. The number of hydrogen-bond donors (Lipinski definition) is 1. The molecule has 2 aromatic rings. The number of urea groups is 1. The lowest BCUT2D eigenvalue weighted by Gasteiger charge is -2.42. The van der Waals surface area contributed by atoms with Crippen LogP contribution in [-0.4, -0.2) is 44.8 Å². The van der Waals surface area contributed by atoms with Crippen LogP contribution in [0.5, 0.6) is 0 Å². The van der Waals surface area contributed by atoms with E-state index in [0.717, 1.165) is 28.0 Å². The molecule has 1 heterocycles. The van der Waals surface area contributed by atoms with Gasteiger partial charge < -0.3 is 10.0 Å². The highest BCUT2D eigenvalue weighted by Crippen LogP contribution is 2.46. The van der Waals surface area contributed by atoms with Crippen LogP contribution in [0, 0.1) is 11.3 Å². The van der Waals surface area contributed by atoms with Crippen molar-refractivity contribution in [3.8, 4) is 6.07 Å². The molecule has 0 spiro atoms. The van der Waals surface area contributed by atoms with Crippen molar-refractivity contribution in [3.63, 3.8) is 0 Å². The molecule has 0 aromatic heterocycles. The predicted octanol–water partition coefficient (Wildman–Crippen LogP) is 4.00. The van der Waals surface area contributed by atoms with Gasteiger partial charge in [0.2, 0.25) is 0 Å². The third kappa shape index (κ3) is 4.37. The molecule has 4 rings (SSSR count). The number of nitriles is 1. The molecule has 0 bridgehead atoms. The largest absolute Gasteiger partial charge is 0.480 e. The molecule has 8 nitrogen and oxygen atoms in total. The topological polar surface area (TPSA) is 119 Å². The summed E-state index contributed by atoms with van der Waals surface area (Å²) in [6, 6.07) is 7.88. The van der Waals surface area contributed by atoms with E-state index < -0.39 is 52.9 Å². The fourth-order valence-corrected chi connectivity index (χ4v) is 5.31. The zero-order valence-corrected chi connectivity index (χ0v) is 19.5. The zero-order valence-electron chi connectivity index (χ0n) is 18.7. The molecule has 2 amide bonds. The first kappa shape index (κ1) is 25.1. The lowest BCUT2D eigenvalue weighted by Crippen LogP contribution is -2.51. The summed E-state index contributed by atoms with van der Waals surface area (Å²) < 4.78 is 52.6. The predicted molar refractivity (Wildman–Crippen MR) is 121 cm³/mol. The van der Waals surface area contributed by atoms with Crippen LogP contribution in [-0.2, 0) is 26.6 Å². The van der Waals surface area contributed by atoms with Gasteiger partial charge in [-0.1, -0.05) is 12.1 Å². The Morgan fingerprint density at radius 3 is 2.53 bits per heavy atom. The van der Waals surface area contributed by atoms with Gasteiger partial charge in [0.15, 0.2) is 5.78 Å². The molecular formula is C24H18F3N3O5S. The molecule has 0 saturated carbocycles. The summed E-state index contributed by atoms with van der Waals surface area (Å²) in [6.45, 7) is -0.876. The molecule has 12 heteroatoms. The number of benzene rings is 2. The number of ketones is 1. The maximum Gasteiger partial charge on any atom is 0.416 e. The van der Waals surface area contributed by atoms with Gasteiger partial charge in [0.25, 0.3) is 0 Å². The Kier molecular flexibility index (Phi) is 6.44. The number of carbonyl (C=O) groups is 3. The summed E-state index contributed by atoms with van der Waals surface area (Å²) in [6.07, 6.45) is -3.34. The zero-order chi connectivity index (χ0) is 26.4. The van der Waals surface area contributed by atoms with E-state index in [-0.39, 0.29) is 45.8 Å².